The van der Waals surface area contributed by atoms with Crippen LogP contribution in [0.3, 0.4) is 0 Å². The number of nitrogens with zero attached hydrogens (tertiary/aromatic N) is 2. The molecule has 15 heavy (non-hydrogen) atoms. The third kappa shape index (κ3) is 3.24. The molecule has 84 valence electrons. The summed E-state index contributed by atoms with van der Waals surface area (Å²) in [4.78, 5) is 0. The standard InChI is InChI=1S/C11H19N3S/c1-9(2)5-11(3-4-11)8-12-6-10-7-15-14-13-10/h7,9,12H,3-6,8H2,1-2H3. The summed E-state index contributed by atoms with van der Waals surface area (Å²) in [7, 11) is 0. The Hall–Kier alpha value is -0.480. The molecule has 0 spiro atoms. The maximum atomic E-state index is 4.02. The van der Waals surface area contributed by atoms with Crippen LogP contribution >= 0.6 is 11.5 Å². The zero-order valence-corrected chi connectivity index (χ0v) is 10.3. The summed E-state index contributed by atoms with van der Waals surface area (Å²) in [5.74, 6) is 0.815. The molecule has 0 radical (unpaired) electrons. The van der Waals surface area contributed by atoms with E-state index in [9.17, 15) is 0 Å². The molecule has 2 rings (SSSR count). The van der Waals surface area contributed by atoms with Crippen LogP contribution in [0.2, 0.25) is 0 Å². The second-order valence-corrected chi connectivity index (χ2v) is 5.71. The molecule has 0 unspecified atom stereocenters. The largest absolute Gasteiger partial charge is 0.311 e. The topological polar surface area (TPSA) is 37.8 Å². The van der Waals surface area contributed by atoms with Gasteiger partial charge in [-0.05, 0) is 42.1 Å². The van der Waals surface area contributed by atoms with Gasteiger partial charge in [0.25, 0.3) is 0 Å². The van der Waals surface area contributed by atoms with Gasteiger partial charge in [0.1, 0.15) is 0 Å². The summed E-state index contributed by atoms with van der Waals surface area (Å²) in [5, 5.41) is 9.53. The molecule has 1 aromatic heterocycles. The van der Waals surface area contributed by atoms with Gasteiger partial charge in [-0.2, -0.15) is 0 Å². The first-order valence-corrected chi connectivity index (χ1v) is 6.50. The highest BCUT2D eigenvalue weighted by Crippen LogP contribution is 2.49. The molecule has 1 aliphatic rings. The Morgan fingerprint density at radius 1 is 1.53 bits per heavy atom. The lowest BCUT2D eigenvalue weighted by Gasteiger charge is -2.17. The minimum atomic E-state index is 0.609. The van der Waals surface area contributed by atoms with E-state index < -0.39 is 0 Å². The molecule has 0 aromatic carbocycles. The summed E-state index contributed by atoms with van der Waals surface area (Å²) in [6.45, 7) is 6.63. The fourth-order valence-electron chi connectivity index (χ4n) is 2.21. The molecule has 4 heteroatoms. The number of hydrogen-bond donors (Lipinski definition) is 1. The van der Waals surface area contributed by atoms with E-state index in [4.69, 9.17) is 0 Å². The number of hydrogen-bond acceptors (Lipinski definition) is 4. The summed E-state index contributed by atoms with van der Waals surface area (Å²) >= 11 is 1.42. The maximum Gasteiger partial charge on any atom is 0.0893 e. The molecule has 1 aromatic rings. The lowest BCUT2D eigenvalue weighted by atomic mass is 9.94. The van der Waals surface area contributed by atoms with E-state index in [-0.39, 0.29) is 0 Å². The van der Waals surface area contributed by atoms with Crippen molar-refractivity contribution in [3.63, 3.8) is 0 Å². The first-order valence-electron chi connectivity index (χ1n) is 5.67. The highest BCUT2D eigenvalue weighted by molar-refractivity contribution is 7.03. The summed E-state index contributed by atoms with van der Waals surface area (Å²) in [6.07, 6.45) is 4.15. The van der Waals surface area contributed by atoms with Crippen LogP contribution in [0.15, 0.2) is 5.38 Å². The Kier molecular flexibility index (Phi) is 3.36. The van der Waals surface area contributed by atoms with Crippen molar-refractivity contribution in [2.24, 2.45) is 11.3 Å². The van der Waals surface area contributed by atoms with E-state index >= 15 is 0 Å². The van der Waals surface area contributed by atoms with E-state index in [0.29, 0.717) is 5.41 Å². The van der Waals surface area contributed by atoms with Gasteiger partial charge in [-0.25, -0.2) is 0 Å². The summed E-state index contributed by atoms with van der Waals surface area (Å²) in [5.41, 5.74) is 1.68. The van der Waals surface area contributed by atoms with E-state index in [1.807, 2.05) is 5.38 Å². The van der Waals surface area contributed by atoms with E-state index in [1.54, 1.807) is 0 Å². The molecular weight excluding hydrogens is 206 g/mol. The molecule has 3 nitrogen and oxygen atoms in total. The van der Waals surface area contributed by atoms with Gasteiger partial charge in [0, 0.05) is 18.5 Å². The van der Waals surface area contributed by atoms with Gasteiger partial charge in [-0.1, -0.05) is 18.3 Å². The number of rotatable bonds is 6. The van der Waals surface area contributed by atoms with E-state index in [1.165, 1.54) is 30.8 Å². The predicted octanol–water partition coefficient (Wildman–Crippen LogP) is 2.45. The monoisotopic (exact) mass is 225 g/mol. The minimum absolute atomic E-state index is 0.609. The van der Waals surface area contributed by atoms with Crippen molar-refractivity contribution in [3.8, 4) is 0 Å². The van der Waals surface area contributed by atoms with Crippen LogP contribution in [0, 0.1) is 11.3 Å². The van der Waals surface area contributed by atoms with Gasteiger partial charge in [-0.15, -0.1) is 5.10 Å². The first-order chi connectivity index (χ1) is 7.20. The Balaban J connectivity index is 1.70. The van der Waals surface area contributed by atoms with Crippen molar-refractivity contribution in [3.05, 3.63) is 11.1 Å². The van der Waals surface area contributed by atoms with Gasteiger partial charge in [-0.3, -0.25) is 0 Å². The van der Waals surface area contributed by atoms with Gasteiger partial charge in [0.05, 0.1) is 5.69 Å². The average Bonchev–Trinajstić information content (AvgIpc) is 2.74. The molecule has 1 N–H and O–H groups in total. The normalized spacial score (nSPS) is 18.3. The Morgan fingerprint density at radius 3 is 2.87 bits per heavy atom. The number of nitrogens with one attached hydrogen (secondary N) is 1. The first kappa shape index (κ1) is 11.0. The van der Waals surface area contributed by atoms with Crippen LogP contribution in [-0.2, 0) is 6.54 Å². The lowest BCUT2D eigenvalue weighted by Crippen LogP contribution is -2.24. The SMILES string of the molecule is CC(C)CC1(CNCc2csnn2)CC1. The molecule has 1 heterocycles. The fourth-order valence-corrected chi connectivity index (χ4v) is 2.66. The van der Waals surface area contributed by atoms with Crippen molar-refractivity contribution in [1.29, 1.82) is 0 Å². The fraction of sp³-hybridized carbons (Fsp3) is 0.818. The lowest BCUT2D eigenvalue weighted by molar-refractivity contribution is 0.366. The molecule has 0 aliphatic heterocycles. The average molecular weight is 225 g/mol. The highest BCUT2D eigenvalue weighted by atomic mass is 32.1. The molecular formula is C11H19N3S. The molecule has 0 saturated heterocycles. The second-order valence-electron chi connectivity index (χ2n) is 5.10. The van der Waals surface area contributed by atoms with Crippen molar-refractivity contribution >= 4 is 11.5 Å². The Labute approximate surface area is 95.4 Å². The van der Waals surface area contributed by atoms with E-state index in [2.05, 4.69) is 28.8 Å². The van der Waals surface area contributed by atoms with Gasteiger partial charge in [0.2, 0.25) is 0 Å². The van der Waals surface area contributed by atoms with Gasteiger partial charge in [0.15, 0.2) is 0 Å². The molecule has 1 fully saturated rings. The maximum absolute atomic E-state index is 4.02. The quantitative estimate of drug-likeness (QED) is 0.808. The Morgan fingerprint density at radius 2 is 2.33 bits per heavy atom. The van der Waals surface area contributed by atoms with E-state index in [0.717, 1.165) is 24.7 Å². The van der Waals surface area contributed by atoms with Crippen LogP contribution in [0.4, 0.5) is 0 Å². The predicted molar refractivity (Wildman–Crippen MR) is 62.7 cm³/mol. The van der Waals surface area contributed by atoms with Crippen molar-refractivity contribution < 1.29 is 0 Å². The van der Waals surface area contributed by atoms with Crippen LogP contribution in [0.25, 0.3) is 0 Å². The van der Waals surface area contributed by atoms with Gasteiger partial charge < -0.3 is 5.32 Å². The minimum Gasteiger partial charge on any atom is -0.311 e. The Bertz CT molecular complexity index is 291. The molecule has 0 atom stereocenters. The number of aromatic nitrogens is 2. The third-order valence-electron chi connectivity index (χ3n) is 3.01. The molecule has 1 aliphatic carbocycles. The van der Waals surface area contributed by atoms with Crippen molar-refractivity contribution in [2.45, 2.75) is 39.7 Å². The zero-order valence-electron chi connectivity index (χ0n) is 9.49. The van der Waals surface area contributed by atoms with Crippen LogP contribution < -0.4 is 5.32 Å². The third-order valence-corrected chi connectivity index (χ3v) is 3.56. The van der Waals surface area contributed by atoms with Crippen molar-refractivity contribution in [2.75, 3.05) is 6.54 Å². The molecule has 1 saturated carbocycles. The smallest absolute Gasteiger partial charge is 0.0893 e. The summed E-state index contributed by atoms with van der Waals surface area (Å²) < 4.78 is 3.85. The second kappa shape index (κ2) is 4.58. The van der Waals surface area contributed by atoms with Crippen LogP contribution in [-0.4, -0.2) is 16.1 Å². The van der Waals surface area contributed by atoms with Crippen LogP contribution in [0.5, 0.6) is 0 Å². The van der Waals surface area contributed by atoms with Crippen LogP contribution in [0.1, 0.15) is 38.8 Å². The molecule has 0 amide bonds. The summed E-state index contributed by atoms with van der Waals surface area (Å²) in [6, 6.07) is 0. The zero-order chi connectivity index (χ0) is 10.7. The van der Waals surface area contributed by atoms with Crippen molar-refractivity contribution in [1.82, 2.24) is 14.9 Å². The highest BCUT2D eigenvalue weighted by Gasteiger charge is 2.42. The molecule has 0 bridgehead atoms. The van der Waals surface area contributed by atoms with Gasteiger partial charge >= 0.3 is 0 Å².